The number of fused-ring (bicyclic) bond motifs is 4. The number of hydrogen-bond donors (Lipinski definition) is 0. The summed E-state index contributed by atoms with van der Waals surface area (Å²) in [6.45, 7) is 9.52. The predicted octanol–water partition coefficient (Wildman–Crippen LogP) is 4.55. The number of aromatic nitrogens is 4. The van der Waals surface area contributed by atoms with E-state index in [-0.39, 0.29) is 11.0 Å². The molecule has 1 aliphatic carbocycles. The Hall–Kier alpha value is -2.08. The van der Waals surface area contributed by atoms with Gasteiger partial charge < -0.3 is 0 Å². The van der Waals surface area contributed by atoms with E-state index in [9.17, 15) is 4.79 Å². The summed E-state index contributed by atoms with van der Waals surface area (Å²) in [6.07, 6.45) is 4.73. The standard InChI is InChI=1S/C22H28N4OS/c1-6-22(4)13-15-9-7-8-10-16(15)18-17(22)19(27)26-20(23-18)25(12-11-14(2)3)24-21(26)28-5/h7-10,14H,6,11-13H2,1-5H3/t22-/m0/s1. The molecule has 0 N–H and O–H groups in total. The number of hydrogen-bond acceptors (Lipinski definition) is 4. The monoisotopic (exact) mass is 396 g/mol. The van der Waals surface area contributed by atoms with Crippen molar-refractivity contribution in [2.24, 2.45) is 5.92 Å². The van der Waals surface area contributed by atoms with E-state index in [1.807, 2.05) is 17.0 Å². The molecular weight excluding hydrogens is 368 g/mol. The average Bonchev–Trinajstić information content (AvgIpc) is 3.04. The van der Waals surface area contributed by atoms with Crippen molar-refractivity contribution in [3.8, 4) is 11.3 Å². The largest absolute Gasteiger partial charge is 0.268 e. The lowest BCUT2D eigenvalue weighted by Crippen LogP contribution is -2.37. The van der Waals surface area contributed by atoms with E-state index in [0.29, 0.717) is 11.7 Å². The summed E-state index contributed by atoms with van der Waals surface area (Å²) in [5.74, 6) is 1.22. The zero-order valence-electron chi connectivity index (χ0n) is 17.3. The molecule has 0 fully saturated rings. The first-order chi connectivity index (χ1) is 13.4. The minimum atomic E-state index is -0.218. The van der Waals surface area contributed by atoms with Crippen LogP contribution in [0.4, 0.5) is 0 Å². The van der Waals surface area contributed by atoms with Gasteiger partial charge in [0.2, 0.25) is 5.78 Å². The summed E-state index contributed by atoms with van der Waals surface area (Å²) in [4.78, 5) is 18.8. The zero-order valence-corrected chi connectivity index (χ0v) is 18.1. The second-order valence-corrected chi connectivity index (χ2v) is 9.19. The molecule has 2 aromatic heterocycles. The Morgan fingerprint density at radius 2 is 2.04 bits per heavy atom. The predicted molar refractivity (Wildman–Crippen MR) is 115 cm³/mol. The van der Waals surface area contributed by atoms with Gasteiger partial charge >= 0.3 is 0 Å². The third-order valence-corrected chi connectivity index (χ3v) is 6.66. The van der Waals surface area contributed by atoms with E-state index in [4.69, 9.17) is 10.1 Å². The Labute approximate surface area is 170 Å². The Bertz CT molecular complexity index is 1100. The van der Waals surface area contributed by atoms with E-state index < -0.39 is 0 Å². The van der Waals surface area contributed by atoms with Gasteiger partial charge in [0.15, 0.2) is 5.16 Å². The quantitative estimate of drug-likeness (QED) is 0.594. The van der Waals surface area contributed by atoms with Gasteiger partial charge in [0.25, 0.3) is 5.56 Å². The van der Waals surface area contributed by atoms with Gasteiger partial charge in [-0.05, 0) is 37.0 Å². The van der Waals surface area contributed by atoms with Crippen molar-refractivity contribution in [3.63, 3.8) is 0 Å². The van der Waals surface area contributed by atoms with Crippen molar-refractivity contribution in [1.29, 1.82) is 0 Å². The van der Waals surface area contributed by atoms with Crippen LogP contribution in [0.5, 0.6) is 0 Å². The molecule has 0 bridgehead atoms. The van der Waals surface area contributed by atoms with E-state index in [0.717, 1.165) is 47.8 Å². The fourth-order valence-corrected chi connectivity index (χ4v) is 4.69. The highest BCUT2D eigenvalue weighted by Crippen LogP contribution is 2.42. The number of benzene rings is 1. The van der Waals surface area contributed by atoms with Crippen molar-refractivity contribution in [1.82, 2.24) is 19.2 Å². The van der Waals surface area contributed by atoms with Crippen LogP contribution in [0.15, 0.2) is 34.2 Å². The van der Waals surface area contributed by atoms with Crippen LogP contribution in [0.1, 0.15) is 51.7 Å². The van der Waals surface area contributed by atoms with Crippen LogP contribution >= 0.6 is 11.8 Å². The van der Waals surface area contributed by atoms with Crippen LogP contribution in [0.3, 0.4) is 0 Å². The number of thioether (sulfide) groups is 1. The van der Waals surface area contributed by atoms with Crippen molar-refractivity contribution >= 4 is 17.5 Å². The highest BCUT2D eigenvalue weighted by atomic mass is 32.2. The van der Waals surface area contributed by atoms with Gasteiger partial charge in [0, 0.05) is 17.5 Å². The fourth-order valence-electron chi connectivity index (χ4n) is 4.17. The van der Waals surface area contributed by atoms with Crippen LogP contribution < -0.4 is 5.56 Å². The molecule has 0 spiro atoms. The molecule has 0 unspecified atom stereocenters. The van der Waals surface area contributed by atoms with E-state index in [2.05, 4.69) is 45.9 Å². The van der Waals surface area contributed by atoms with Gasteiger partial charge in [-0.15, -0.1) is 5.10 Å². The molecule has 1 aliphatic rings. The molecule has 148 valence electrons. The summed E-state index contributed by atoms with van der Waals surface area (Å²) in [6, 6.07) is 8.36. The topological polar surface area (TPSA) is 52.2 Å². The molecule has 1 atom stereocenters. The summed E-state index contributed by atoms with van der Waals surface area (Å²) in [5, 5.41) is 5.44. The molecular formula is C22H28N4OS. The highest BCUT2D eigenvalue weighted by Gasteiger charge is 2.38. The van der Waals surface area contributed by atoms with Crippen LogP contribution in [0.25, 0.3) is 17.0 Å². The normalized spacial score (nSPS) is 18.5. The molecule has 28 heavy (non-hydrogen) atoms. The maximum absolute atomic E-state index is 13.7. The minimum Gasteiger partial charge on any atom is -0.268 e. The Morgan fingerprint density at radius 1 is 1.29 bits per heavy atom. The van der Waals surface area contributed by atoms with Gasteiger partial charge in [0.1, 0.15) is 0 Å². The molecule has 0 saturated carbocycles. The van der Waals surface area contributed by atoms with Crippen molar-refractivity contribution < 1.29 is 0 Å². The van der Waals surface area contributed by atoms with Gasteiger partial charge in [0.05, 0.1) is 11.3 Å². The first-order valence-corrected chi connectivity index (χ1v) is 11.3. The van der Waals surface area contributed by atoms with Crippen molar-refractivity contribution in [2.75, 3.05) is 6.26 Å². The summed E-state index contributed by atoms with van der Waals surface area (Å²) in [5.41, 5.74) is 3.86. The van der Waals surface area contributed by atoms with Crippen molar-refractivity contribution in [3.05, 3.63) is 45.7 Å². The summed E-state index contributed by atoms with van der Waals surface area (Å²) < 4.78 is 3.64. The Morgan fingerprint density at radius 3 is 2.71 bits per heavy atom. The Balaban J connectivity index is 2.06. The molecule has 3 aromatic rings. The third kappa shape index (κ3) is 2.89. The second kappa shape index (κ2) is 7.07. The van der Waals surface area contributed by atoms with Crippen LogP contribution in [0.2, 0.25) is 0 Å². The second-order valence-electron chi connectivity index (χ2n) is 8.42. The SMILES string of the molecule is CC[C@@]1(C)Cc2ccccc2-c2nc3n(CCC(C)C)nc(SC)n3c(=O)c21. The maximum Gasteiger partial charge on any atom is 0.265 e. The zero-order chi connectivity index (χ0) is 20.1. The lowest BCUT2D eigenvalue weighted by Gasteiger charge is -2.35. The third-order valence-electron chi connectivity index (χ3n) is 6.03. The molecule has 2 heterocycles. The lowest BCUT2D eigenvalue weighted by atomic mass is 9.69. The van der Waals surface area contributed by atoms with Crippen molar-refractivity contribution in [2.45, 2.75) is 64.1 Å². The molecule has 0 saturated heterocycles. The lowest BCUT2D eigenvalue weighted by molar-refractivity contribution is 0.439. The molecule has 1 aromatic carbocycles. The van der Waals surface area contributed by atoms with E-state index in [1.165, 1.54) is 17.3 Å². The maximum atomic E-state index is 13.7. The molecule has 4 rings (SSSR count). The number of rotatable bonds is 5. The van der Waals surface area contributed by atoms with E-state index >= 15 is 0 Å². The summed E-state index contributed by atoms with van der Waals surface area (Å²) >= 11 is 1.50. The fraction of sp³-hybridized carbons (Fsp3) is 0.500. The Kier molecular flexibility index (Phi) is 4.86. The first kappa shape index (κ1) is 19.2. The number of aryl methyl sites for hydroxylation is 1. The van der Waals surface area contributed by atoms with Gasteiger partial charge in [-0.1, -0.05) is 63.7 Å². The molecule has 6 heteroatoms. The van der Waals surface area contributed by atoms with Crippen LogP contribution in [-0.2, 0) is 18.4 Å². The van der Waals surface area contributed by atoms with Gasteiger partial charge in [-0.3, -0.25) is 4.79 Å². The number of nitrogens with zero attached hydrogens (tertiary/aromatic N) is 4. The smallest absolute Gasteiger partial charge is 0.265 e. The van der Waals surface area contributed by atoms with Gasteiger partial charge in [-0.2, -0.15) is 0 Å². The molecule has 5 nitrogen and oxygen atoms in total. The first-order valence-electron chi connectivity index (χ1n) is 10.1. The minimum absolute atomic E-state index is 0.0407. The van der Waals surface area contributed by atoms with Crippen LogP contribution in [-0.4, -0.2) is 25.4 Å². The van der Waals surface area contributed by atoms with E-state index in [1.54, 1.807) is 4.40 Å². The average molecular weight is 397 g/mol. The molecule has 0 aliphatic heterocycles. The molecule has 0 amide bonds. The molecule has 0 radical (unpaired) electrons. The summed E-state index contributed by atoms with van der Waals surface area (Å²) in [7, 11) is 0. The van der Waals surface area contributed by atoms with Gasteiger partial charge in [-0.25, -0.2) is 14.1 Å². The van der Waals surface area contributed by atoms with Crippen LogP contribution in [0, 0.1) is 5.92 Å². The highest BCUT2D eigenvalue weighted by molar-refractivity contribution is 7.98.